The van der Waals surface area contributed by atoms with Crippen LogP contribution in [-0.2, 0) is 0 Å². The highest BCUT2D eigenvalue weighted by molar-refractivity contribution is 4.90. The summed E-state index contributed by atoms with van der Waals surface area (Å²) in [6.45, 7) is 4.50. The predicted octanol–water partition coefficient (Wildman–Crippen LogP) is 1.89. The van der Waals surface area contributed by atoms with Crippen LogP contribution in [-0.4, -0.2) is 19.1 Å². The molecular formula is C12H24N2. The minimum atomic E-state index is 0.613. The molecule has 14 heavy (non-hydrogen) atoms. The summed E-state index contributed by atoms with van der Waals surface area (Å²) in [5.41, 5.74) is 6.38. The molecule has 2 unspecified atom stereocenters. The molecular weight excluding hydrogens is 172 g/mol. The Morgan fingerprint density at radius 1 is 1.29 bits per heavy atom. The molecule has 2 aliphatic carbocycles. The third-order valence-corrected chi connectivity index (χ3v) is 4.31. The van der Waals surface area contributed by atoms with Crippen molar-refractivity contribution in [3.63, 3.8) is 0 Å². The zero-order chi connectivity index (χ0) is 10.0. The van der Waals surface area contributed by atoms with E-state index in [2.05, 4.69) is 12.2 Å². The first kappa shape index (κ1) is 10.4. The summed E-state index contributed by atoms with van der Waals surface area (Å²) in [6.07, 6.45) is 8.32. The first-order valence-corrected chi connectivity index (χ1v) is 6.17. The molecule has 0 radical (unpaired) electrons. The summed E-state index contributed by atoms with van der Waals surface area (Å²) in [5.74, 6) is 0.749. The van der Waals surface area contributed by atoms with Crippen LogP contribution >= 0.6 is 0 Å². The van der Waals surface area contributed by atoms with Gasteiger partial charge in [0.05, 0.1) is 0 Å². The molecule has 0 aliphatic heterocycles. The van der Waals surface area contributed by atoms with Crippen LogP contribution in [0, 0.1) is 11.3 Å². The summed E-state index contributed by atoms with van der Waals surface area (Å²) < 4.78 is 0. The van der Waals surface area contributed by atoms with Crippen LogP contribution in [0.4, 0.5) is 0 Å². The number of nitrogens with two attached hydrogens (primary N) is 1. The molecule has 2 heteroatoms. The Hall–Kier alpha value is -0.0800. The third kappa shape index (κ3) is 2.12. The zero-order valence-corrected chi connectivity index (χ0v) is 9.39. The first-order chi connectivity index (χ1) is 6.73. The van der Waals surface area contributed by atoms with Crippen molar-refractivity contribution in [1.29, 1.82) is 0 Å². The van der Waals surface area contributed by atoms with E-state index < -0.39 is 0 Å². The molecule has 2 nitrogen and oxygen atoms in total. The summed E-state index contributed by atoms with van der Waals surface area (Å²) in [6, 6.07) is 0.720. The van der Waals surface area contributed by atoms with E-state index in [1.165, 1.54) is 45.1 Å². The number of hydrogen-bond acceptors (Lipinski definition) is 2. The van der Waals surface area contributed by atoms with Crippen LogP contribution < -0.4 is 11.1 Å². The van der Waals surface area contributed by atoms with E-state index >= 15 is 0 Å². The number of hydrogen-bond donors (Lipinski definition) is 2. The lowest BCUT2D eigenvalue weighted by Gasteiger charge is -2.40. The Morgan fingerprint density at radius 2 is 2.07 bits per heavy atom. The second-order valence-corrected chi connectivity index (χ2v) is 5.58. The molecule has 0 heterocycles. The van der Waals surface area contributed by atoms with Crippen LogP contribution in [0.1, 0.15) is 45.4 Å². The minimum Gasteiger partial charge on any atom is -0.330 e. The molecule has 0 saturated heterocycles. The van der Waals surface area contributed by atoms with Crippen molar-refractivity contribution < 1.29 is 0 Å². The van der Waals surface area contributed by atoms with E-state index in [9.17, 15) is 0 Å². The van der Waals surface area contributed by atoms with Crippen LogP contribution in [0.3, 0.4) is 0 Å². The van der Waals surface area contributed by atoms with Crippen molar-refractivity contribution >= 4 is 0 Å². The van der Waals surface area contributed by atoms with Gasteiger partial charge in [0.1, 0.15) is 0 Å². The van der Waals surface area contributed by atoms with Crippen LogP contribution in [0.5, 0.6) is 0 Å². The van der Waals surface area contributed by atoms with Gasteiger partial charge in [-0.05, 0) is 43.6 Å². The molecule has 0 amide bonds. The molecule has 0 bridgehead atoms. The van der Waals surface area contributed by atoms with E-state index in [1.807, 2.05) is 0 Å². The predicted molar refractivity (Wildman–Crippen MR) is 60.1 cm³/mol. The number of nitrogens with one attached hydrogen (secondary N) is 1. The van der Waals surface area contributed by atoms with E-state index in [0.717, 1.165) is 18.5 Å². The molecule has 0 aromatic rings. The molecule has 3 N–H and O–H groups in total. The monoisotopic (exact) mass is 196 g/mol. The second kappa shape index (κ2) is 4.19. The highest BCUT2D eigenvalue weighted by Crippen LogP contribution is 2.40. The van der Waals surface area contributed by atoms with Gasteiger partial charge in [0, 0.05) is 12.6 Å². The largest absolute Gasteiger partial charge is 0.330 e. The Morgan fingerprint density at radius 3 is 2.64 bits per heavy atom. The maximum Gasteiger partial charge on any atom is 0.0108 e. The van der Waals surface area contributed by atoms with E-state index in [-0.39, 0.29) is 0 Å². The fraction of sp³-hybridized carbons (Fsp3) is 1.00. The standard InChI is InChI=1S/C12H24N2/c1-12(6-3-7-12)9-14-11-5-2-4-10(11)8-13/h10-11,14H,2-9,13H2,1H3. The molecule has 0 aromatic heterocycles. The fourth-order valence-electron chi connectivity index (χ4n) is 2.92. The molecule has 2 fully saturated rings. The maximum atomic E-state index is 5.77. The normalized spacial score (nSPS) is 35.6. The lowest BCUT2D eigenvalue weighted by Crippen LogP contribution is -2.44. The van der Waals surface area contributed by atoms with Gasteiger partial charge in [-0.2, -0.15) is 0 Å². The van der Waals surface area contributed by atoms with Crippen LogP contribution in [0.2, 0.25) is 0 Å². The second-order valence-electron chi connectivity index (χ2n) is 5.58. The lowest BCUT2D eigenvalue weighted by atomic mass is 9.70. The first-order valence-electron chi connectivity index (χ1n) is 6.17. The van der Waals surface area contributed by atoms with Crippen molar-refractivity contribution in [3.8, 4) is 0 Å². The molecule has 82 valence electrons. The van der Waals surface area contributed by atoms with Gasteiger partial charge in [-0.3, -0.25) is 0 Å². The molecule has 0 aromatic carbocycles. The highest BCUT2D eigenvalue weighted by Gasteiger charge is 2.33. The van der Waals surface area contributed by atoms with Crippen molar-refractivity contribution in [2.75, 3.05) is 13.1 Å². The fourth-order valence-corrected chi connectivity index (χ4v) is 2.92. The Bertz CT molecular complexity index is 187. The van der Waals surface area contributed by atoms with Gasteiger partial charge >= 0.3 is 0 Å². The third-order valence-electron chi connectivity index (χ3n) is 4.31. The average molecular weight is 196 g/mol. The SMILES string of the molecule is CC1(CNC2CCCC2CN)CCC1. The quantitative estimate of drug-likeness (QED) is 0.720. The van der Waals surface area contributed by atoms with Crippen LogP contribution in [0.15, 0.2) is 0 Å². The maximum absolute atomic E-state index is 5.77. The van der Waals surface area contributed by atoms with Crippen LogP contribution in [0.25, 0.3) is 0 Å². The van der Waals surface area contributed by atoms with Gasteiger partial charge in [-0.15, -0.1) is 0 Å². The van der Waals surface area contributed by atoms with Crippen molar-refractivity contribution in [2.45, 2.75) is 51.5 Å². The van der Waals surface area contributed by atoms with Gasteiger partial charge in [-0.1, -0.05) is 19.8 Å². The van der Waals surface area contributed by atoms with Gasteiger partial charge in [0.15, 0.2) is 0 Å². The Labute approximate surface area is 87.6 Å². The van der Waals surface area contributed by atoms with Crippen molar-refractivity contribution in [2.24, 2.45) is 17.1 Å². The molecule has 2 saturated carbocycles. The highest BCUT2D eigenvalue weighted by atomic mass is 14.9. The van der Waals surface area contributed by atoms with E-state index in [0.29, 0.717) is 5.41 Å². The molecule has 2 rings (SSSR count). The van der Waals surface area contributed by atoms with Crippen molar-refractivity contribution in [3.05, 3.63) is 0 Å². The van der Waals surface area contributed by atoms with Gasteiger partial charge in [0.25, 0.3) is 0 Å². The topological polar surface area (TPSA) is 38.0 Å². The zero-order valence-electron chi connectivity index (χ0n) is 9.39. The lowest BCUT2D eigenvalue weighted by molar-refractivity contribution is 0.147. The van der Waals surface area contributed by atoms with Gasteiger partial charge in [-0.25, -0.2) is 0 Å². The average Bonchev–Trinajstić information content (AvgIpc) is 2.58. The van der Waals surface area contributed by atoms with E-state index in [4.69, 9.17) is 5.73 Å². The van der Waals surface area contributed by atoms with Gasteiger partial charge in [0.2, 0.25) is 0 Å². The Kier molecular flexibility index (Phi) is 3.13. The van der Waals surface area contributed by atoms with E-state index in [1.54, 1.807) is 0 Å². The summed E-state index contributed by atoms with van der Waals surface area (Å²) in [4.78, 5) is 0. The van der Waals surface area contributed by atoms with Crippen molar-refractivity contribution in [1.82, 2.24) is 5.32 Å². The number of rotatable bonds is 4. The minimum absolute atomic E-state index is 0.613. The Balaban J connectivity index is 1.74. The van der Waals surface area contributed by atoms with Gasteiger partial charge < -0.3 is 11.1 Å². The smallest absolute Gasteiger partial charge is 0.0108 e. The summed E-state index contributed by atoms with van der Waals surface area (Å²) in [5, 5.41) is 3.75. The summed E-state index contributed by atoms with van der Waals surface area (Å²) in [7, 11) is 0. The summed E-state index contributed by atoms with van der Waals surface area (Å²) >= 11 is 0. The molecule has 2 aliphatic rings. The molecule has 0 spiro atoms. The molecule has 2 atom stereocenters.